The average molecular weight is 1060 g/mol. The number of aliphatic hydroxyl groups excluding tert-OH is 1. The number of ketones is 3. The Bertz CT molecular complexity index is 2310. The zero-order valence-corrected chi connectivity index (χ0v) is 45.4. The number of carbonyl (C=O) groups excluding carboxylic acids is 10. The van der Waals surface area contributed by atoms with Crippen LogP contribution in [0.1, 0.15) is 77.5 Å². The van der Waals surface area contributed by atoms with Crippen molar-refractivity contribution in [2.45, 2.75) is 78.9 Å². The van der Waals surface area contributed by atoms with Gasteiger partial charge in [-0.2, -0.15) is 0 Å². The smallest absolute Gasteiger partial charge is 0.243 e. The monoisotopic (exact) mass is 1060 g/mol. The van der Waals surface area contributed by atoms with Crippen LogP contribution in [0.15, 0.2) is 73.3 Å². The van der Waals surface area contributed by atoms with Gasteiger partial charge in [-0.05, 0) is 37.8 Å². The summed E-state index contributed by atoms with van der Waals surface area (Å²) in [6.45, 7) is 8.07. The third-order valence-electron chi connectivity index (χ3n) is 12.8. The lowest BCUT2D eigenvalue weighted by molar-refractivity contribution is -0.148. The maximum atomic E-state index is 14.0. The van der Waals surface area contributed by atoms with Crippen molar-refractivity contribution in [3.63, 3.8) is 0 Å². The number of benzene rings is 2. The SMILES string of the molecule is C#CCN(CC(=O)N(CCOC)CC(=O)CC(C(=O)CC(Cc1ccccc1)C(=O)CC(C)C(N)=O)C(C)O)C(=O)CN(CCC)C(=O)CN(CC=C)C(=O)CN(CCOC)C(=O)CN(C(C)=O)C(C)c1ccccc1. The van der Waals surface area contributed by atoms with E-state index in [2.05, 4.69) is 12.5 Å². The normalized spacial score (nSPS) is 12.8. The van der Waals surface area contributed by atoms with E-state index in [1.165, 1.54) is 60.7 Å². The number of nitrogens with zero attached hydrogens (tertiary/aromatic N) is 6. The fourth-order valence-electron chi connectivity index (χ4n) is 8.27. The Morgan fingerprint density at radius 2 is 1.16 bits per heavy atom. The number of rotatable bonds is 37. The zero-order valence-electron chi connectivity index (χ0n) is 45.4. The molecule has 0 bridgehead atoms. The van der Waals surface area contributed by atoms with E-state index in [0.717, 1.165) is 20.9 Å². The van der Waals surface area contributed by atoms with Crippen LogP contribution in [0.3, 0.4) is 0 Å². The summed E-state index contributed by atoms with van der Waals surface area (Å²) in [6.07, 6.45) is 5.29. The first kappa shape index (κ1) is 65.0. The van der Waals surface area contributed by atoms with Crippen molar-refractivity contribution in [2.24, 2.45) is 23.5 Å². The van der Waals surface area contributed by atoms with Crippen molar-refractivity contribution in [3.05, 3.63) is 84.4 Å². The number of hydrogen-bond donors (Lipinski definition) is 2. The minimum atomic E-state index is -1.32. The largest absolute Gasteiger partial charge is 0.393 e. The molecule has 0 saturated carbocycles. The molecule has 416 valence electrons. The quantitative estimate of drug-likeness (QED) is 0.0728. The number of hydrogen-bond acceptors (Lipinski definition) is 13. The molecular weight excluding hydrogens is 979 g/mol. The summed E-state index contributed by atoms with van der Waals surface area (Å²) in [5.74, 6) is -6.31. The molecule has 0 aliphatic heterocycles. The van der Waals surface area contributed by atoms with Crippen molar-refractivity contribution in [1.29, 1.82) is 0 Å². The molecule has 0 radical (unpaired) electrons. The highest BCUT2D eigenvalue weighted by Crippen LogP contribution is 2.24. The lowest BCUT2D eigenvalue weighted by atomic mass is 9.82. The van der Waals surface area contributed by atoms with Gasteiger partial charge in [-0.3, -0.25) is 47.9 Å². The minimum Gasteiger partial charge on any atom is -0.393 e. The van der Waals surface area contributed by atoms with Crippen LogP contribution >= 0.6 is 0 Å². The lowest BCUT2D eigenvalue weighted by Gasteiger charge is -2.32. The molecule has 2 aromatic carbocycles. The Morgan fingerprint density at radius 3 is 1.66 bits per heavy atom. The number of amides is 7. The molecule has 5 atom stereocenters. The molecule has 20 nitrogen and oxygen atoms in total. The van der Waals surface area contributed by atoms with Gasteiger partial charge >= 0.3 is 0 Å². The Balaban J connectivity index is 2.26. The predicted octanol–water partition coefficient (Wildman–Crippen LogP) is 2.12. The summed E-state index contributed by atoms with van der Waals surface area (Å²) in [4.78, 5) is 142. The zero-order chi connectivity index (χ0) is 56.9. The molecule has 0 aromatic heterocycles. The Hall–Kier alpha value is -7.08. The summed E-state index contributed by atoms with van der Waals surface area (Å²) < 4.78 is 10.4. The van der Waals surface area contributed by atoms with E-state index < -0.39 is 116 Å². The molecule has 0 aliphatic rings. The second kappa shape index (κ2) is 34.5. The van der Waals surface area contributed by atoms with Crippen LogP contribution in [0.4, 0.5) is 0 Å². The molecule has 0 heterocycles. The van der Waals surface area contributed by atoms with Crippen LogP contribution in [0.5, 0.6) is 0 Å². The van der Waals surface area contributed by atoms with Crippen molar-refractivity contribution >= 4 is 58.7 Å². The highest BCUT2D eigenvalue weighted by molar-refractivity contribution is 5.96. The summed E-state index contributed by atoms with van der Waals surface area (Å²) >= 11 is 0. The molecule has 5 unspecified atom stereocenters. The van der Waals surface area contributed by atoms with Gasteiger partial charge in [0.25, 0.3) is 0 Å². The molecule has 0 fully saturated rings. The molecule has 0 aliphatic carbocycles. The average Bonchev–Trinajstić information content (AvgIpc) is 3.38. The van der Waals surface area contributed by atoms with Gasteiger partial charge in [0.1, 0.15) is 31.2 Å². The van der Waals surface area contributed by atoms with E-state index >= 15 is 0 Å². The third kappa shape index (κ3) is 22.4. The molecule has 7 amide bonds. The summed E-state index contributed by atoms with van der Waals surface area (Å²) in [7, 11) is 2.82. The van der Waals surface area contributed by atoms with E-state index in [-0.39, 0.29) is 83.4 Å². The first-order valence-corrected chi connectivity index (χ1v) is 25.4. The predicted molar refractivity (Wildman–Crippen MR) is 284 cm³/mol. The lowest BCUT2D eigenvalue weighted by Crippen LogP contribution is -2.52. The van der Waals surface area contributed by atoms with Crippen molar-refractivity contribution in [3.8, 4) is 12.3 Å². The van der Waals surface area contributed by atoms with Gasteiger partial charge in [0.15, 0.2) is 5.78 Å². The fraction of sp³-hybridized carbons (Fsp3) is 0.536. The first-order chi connectivity index (χ1) is 36.1. The van der Waals surface area contributed by atoms with Crippen LogP contribution in [-0.2, 0) is 63.8 Å². The van der Waals surface area contributed by atoms with Crippen molar-refractivity contribution < 1.29 is 62.5 Å². The Labute approximate surface area is 447 Å². The van der Waals surface area contributed by atoms with Gasteiger partial charge in [-0.15, -0.1) is 13.0 Å². The number of carbonyl (C=O) groups is 10. The maximum absolute atomic E-state index is 14.0. The first-order valence-electron chi connectivity index (χ1n) is 25.4. The van der Waals surface area contributed by atoms with Gasteiger partial charge < -0.3 is 49.7 Å². The van der Waals surface area contributed by atoms with E-state index in [9.17, 15) is 53.1 Å². The van der Waals surface area contributed by atoms with Crippen LogP contribution in [0.25, 0.3) is 0 Å². The number of terminal acetylenes is 1. The summed E-state index contributed by atoms with van der Waals surface area (Å²) in [6, 6.07) is 17.7. The van der Waals surface area contributed by atoms with Crippen LogP contribution < -0.4 is 5.73 Å². The molecule has 2 aromatic rings. The fourth-order valence-corrected chi connectivity index (χ4v) is 8.27. The van der Waals surface area contributed by atoms with Crippen molar-refractivity contribution in [2.75, 3.05) is 99.4 Å². The van der Waals surface area contributed by atoms with Gasteiger partial charge in [0, 0.05) is 78.4 Å². The van der Waals surface area contributed by atoms with Gasteiger partial charge in [0.05, 0.1) is 57.5 Å². The van der Waals surface area contributed by atoms with E-state index in [1.54, 1.807) is 44.2 Å². The molecule has 0 spiro atoms. The number of ether oxygens (including phenoxy) is 2. The Morgan fingerprint density at radius 1 is 0.671 bits per heavy atom. The molecule has 20 heteroatoms. The highest BCUT2D eigenvalue weighted by atomic mass is 16.5. The summed E-state index contributed by atoms with van der Waals surface area (Å²) in [5, 5.41) is 10.8. The van der Waals surface area contributed by atoms with Crippen LogP contribution in [0.2, 0.25) is 0 Å². The molecule has 76 heavy (non-hydrogen) atoms. The number of nitrogens with two attached hydrogens (primary N) is 1. The number of Topliss-reactive ketones (excluding diaryl/α,β-unsaturated/α-hetero) is 3. The number of primary amides is 1. The van der Waals surface area contributed by atoms with Gasteiger partial charge in [0.2, 0.25) is 41.4 Å². The van der Waals surface area contributed by atoms with Crippen molar-refractivity contribution in [1.82, 2.24) is 29.4 Å². The summed E-state index contributed by atoms with van der Waals surface area (Å²) in [5.41, 5.74) is 6.99. The number of aliphatic hydroxyl groups is 1. The van der Waals surface area contributed by atoms with Gasteiger partial charge in [-0.25, -0.2) is 0 Å². The molecular formula is C56H79N7O13. The third-order valence-corrected chi connectivity index (χ3v) is 12.8. The molecule has 3 N–H and O–H groups in total. The Kier molecular flexibility index (Phi) is 29.5. The van der Waals surface area contributed by atoms with Crippen LogP contribution in [0, 0.1) is 30.1 Å². The maximum Gasteiger partial charge on any atom is 0.243 e. The van der Waals surface area contributed by atoms with E-state index in [1.807, 2.05) is 30.3 Å². The molecule has 0 saturated heterocycles. The van der Waals surface area contributed by atoms with E-state index in [4.69, 9.17) is 21.6 Å². The number of methoxy groups -OCH3 is 2. The second-order valence-corrected chi connectivity index (χ2v) is 18.8. The van der Waals surface area contributed by atoms with Crippen LogP contribution in [-0.4, -0.2) is 199 Å². The van der Waals surface area contributed by atoms with E-state index in [0.29, 0.717) is 6.42 Å². The standard InChI is InChI=1S/C56H79N7O13/c1-10-23-58(51(69)36-59(24-11-2)53(71)38-62(27-29-76-9)55(73)39-63(43(7)65)41(5)45-21-17-14-18-22-45)35-52(70)60(25-12-3)37-54(72)61(26-28-75-8)34-47(66)33-48(42(6)64)50(68)32-46(31-44-19-15-13-16-20-44)49(67)30-40(4)56(57)74/h3,11,13-22,40-42,46,48,64H,2,10,23-39H2,1,4-9H3,(H2,57,74). The topological polar surface area (TPSA) is 255 Å². The molecule has 2 rings (SSSR count). The minimum absolute atomic E-state index is 0.00212. The second-order valence-electron chi connectivity index (χ2n) is 18.8. The van der Waals surface area contributed by atoms with Gasteiger partial charge in [-0.1, -0.05) is 86.5 Å². The highest BCUT2D eigenvalue weighted by Gasteiger charge is 2.34.